The zero-order valence-electron chi connectivity index (χ0n) is 27.2. The van der Waals surface area contributed by atoms with Crippen molar-refractivity contribution in [3.05, 3.63) is 11.6 Å². The fourth-order valence-corrected chi connectivity index (χ4v) is 12.8. The van der Waals surface area contributed by atoms with Crippen molar-refractivity contribution >= 4 is 0 Å². The Hall–Kier alpha value is -0.330. The Morgan fingerprint density at radius 1 is 0.744 bits per heavy atom. The first kappa shape index (κ1) is 30.1. The quantitative estimate of drug-likeness (QED) is 0.229. The van der Waals surface area contributed by atoms with Crippen molar-refractivity contribution in [3.8, 4) is 0 Å². The highest BCUT2D eigenvalue weighted by Crippen LogP contribution is 2.83. The van der Waals surface area contributed by atoms with E-state index >= 15 is 4.39 Å². The second-order valence-electron chi connectivity index (χ2n) is 15.8. The minimum Gasteiger partial charge on any atom is -0.238 e. The first-order chi connectivity index (χ1) is 18.7. The van der Waals surface area contributed by atoms with E-state index in [-0.39, 0.29) is 22.2 Å². The summed E-state index contributed by atoms with van der Waals surface area (Å²) in [5.41, 5.74) is 0.263. The maximum absolute atomic E-state index is 19.8. The molecule has 224 valence electrons. The average Bonchev–Trinajstić information content (AvgIpc) is 3.89. The van der Waals surface area contributed by atoms with Gasteiger partial charge < -0.3 is 0 Å². The van der Waals surface area contributed by atoms with Crippen LogP contribution in [0.25, 0.3) is 0 Å². The Balaban J connectivity index is 1.92. The predicted molar refractivity (Wildman–Crippen MR) is 166 cm³/mol. The smallest absolute Gasteiger partial charge is 0.141 e. The standard InChI is InChI=1S/C38H65F/c1-8-25-37(32-17-13-12-14-18-32)36(11-4,31-19-15-16-20-31)35(7,30-23-24-30)34(29(9-2)10-3)33(26-28-21-22-28)38(37,39)27(5)6/h26-32,34H,8-25H2,1-7H3. The molecule has 0 bridgehead atoms. The SMILES string of the molecule is CCCC1(C2CCCCC2)C(F)(C(C)C)C(=CC2CC2)C(C(CC)CC)C(C)(C2CC2)C1(CC)C1CCCC1. The number of allylic oxidation sites excluding steroid dienone is 2. The third kappa shape index (κ3) is 4.21. The summed E-state index contributed by atoms with van der Waals surface area (Å²) in [7, 11) is 0. The Morgan fingerprint density at radius 3 is 1.72 bits per heavy atom. The number of halogens is 1. The van der Waals surface area contributed by atoms with E-state index in [0.717, 1.165) is 18.8 Å². The van der Waals surface area contributed by atoms with Crippen molar-refractivity contribution < 1.29 is 4.39 Å². The highest BCUT2D eigenvalue weighted by molar-refractivity contribution is 5.41. The molecule has 5 rings (SSSR count). The second kappa shape index (κ2) is 11.4. The lowest BCUT2D eigenvalue weighted by Gasteiger charge is -2.77. The van der Waals surface area contributed by atoms with Crippen molar-refractivity contribution in [3.63, 3.8) is 0 Å². The fraction of sp³-hybridized carbons (Fsp3) is 0.947. The minimum atomic E-state index is -1.19. The second-order valence-corrected chi connectivity index (χ2v) is 15.8. The van der Waals surface area contributed by atoms with Crippen LogP contribution in [-0.4, -0.2) is 5.67 Å². The molecule has 5 aliphatic rings. The van der Waals surface area contributed by atoms with Gasteiger partial charge in [-0.15, -0.1) is 0 Å². The van der Waals surface area contributed by atoms with Crippen LogP contribution in [0.5, 0.6) is 0 Å². The molecule has 0 heterocycles. The number of hydrogen-bond donors (Lipinski definition) is 0. The van der Waals surface area contributed by atoms with Crippen LogP contribution in [-0.2, 0) is 0 Å². The van der Waals surface area contributed by atoms with Gasteiger partial charge in [0.2, 0.25) is 0 Å². The molecular weight excluding hydrogens is 475 g/mol. The van der Waals surface area contributed by atoms with Gasteiger partial charge in [-0.25, -0.2) is 4.39 Å². The molecule has 39 heavy (non-hydrogen) atoms. The first-order valence-corrected chi connectivity index (χ1v) is 18.1. The van der Waals surface area contributed by atoms with Gasteiger partial charge in [-0.05, 0) is 122 Å². The van der Waals surface area contributed by atoms with Crippen LogP contribution in [0.1, 0.15) is 164 Å². The van der Waals surface area contributed by atoms with E-state index in [1.807, 2.05) is 0 Å². The van der Waals surface area contributed by atoms with Crippen molar-refractivity contribution in [1.29, 1.82) is 0 Å². The molecular formula is C38H65F. The third-order valence-electron chi connectivity index (χ3n) is 14.1. The van der Waals surface area contributed by atoms with Crippen LogP contribution in [0.3, 0.4) is 0 Å². The predicted octanol–water partition coefficient (Wildman–Crippen LogP) is 12.1. The Labute approximate surface area is 243 Å². The maximum Gasteiger partial charge on any atom is 0.141 e. The molecule has 5 atom stereocenters. The van der Waals surface area contributed by atoms with Crippen LogP contribution in [0.2, 0.25) is 0 Å². The molecule has 5 unspecified atom stereocenters. The largest absolute Gasteiger partial charge is 0.238 e. The number of alkyl halides is 1. The molecule has 0 saturated heterocycles. The Kier molecular flexibility index (Phi) is 8.81. The summed E-state index contributed by atoms with van der Waals surface area (Å²) in [5, 5.41) is 0. The zero-order chi connectivity index (χ0) is 28.1. The summed E-state index contributed by atoms with van der Waals surface area (Å²) < 4.78 is 19.8. The summed E-state index contributed by atoms with van der Waals surface area (Å²) in [5.74, 6) is 3.75. The van der Waals surface area contributed by atoms with Crippen molar-refractivity contribution in [1.82, 2.24) is 0 Å². The summed E-state index contributed by atoms with van der Waals surface area (Å²) in [4.78, 5) is 0. The topological polar surface area (TPSA) is 0 Å². The van der Waals surface area contributed by atoms with Crippen molar-refractivity contribution in [2.24, 2.45) is 57.7 Å². The van der Waals surface area contributed by atoms with E-state index in [4.69, 9.17) is 0 Å². The number of hydrogen-bond acceptors (Lipinski definition) is 0. The molecule has 5 aliphatic carbocycles. The van der Waals surface area contributed by atoms with Gasteiger partial charge in [-0.1, -0.05) is 106 Å². The lowest BCUT2D eigenvalue weighted by Crippen LogP contribution is -2.75. The summed E-state index contributed by atoms with van der Waals surface area (Å²) >= 11 is 0. The van der Waals surface area contributed by atoms with Crippen molar-refractivity contribution in [2.45, 2.75) is 170 Å². The van der Waals surface area contributed by atoms with Gasteiger partial charge in [0, 0.05) is 5.41 Å². The average molecular weight is 541 g/mol. The molecule has 0 spiro atoms. The van der Waals surface area contributed by atoms with Gasteiger partial charge in [-0.2, -0.15) is 0 Å². The summed E-state index contributed by atoms with van der Waals surface area (Å²) in [6, 6.07) is 0. The molecule has 0 aromatic rings. The molecule has 0 radical (unpaired) electrons. The van der Waals surface area contributed by atoms with E-state index in [2.05, 4.69) is 54.5 Å². The number of rotatable bonds is 11. The molecule has 0 aromatic carbocycles. The van der Waals surface area contributed by atoms with Gasteiger partial charge >= 0.3 is 0 Å². The van der Waals surface area contributed by atoms with E-state index in [1.54, 1.807) is 0 Å². The van der Waals surface area contributed by atoms with E-state index in [1.165, 1.54) is 108 Å². The molecule has 0 N–H and O–H groups in total. The molecule has 1 heteroatoms. The normalized spacial score (nSPS) is 41.8. The minimum absolute atomic E-state index is 0.0453. The molecule has 5 fully saturated rings. The molecule has 0 nitrogen and oxygen atoms in total. The highest BCUT2D eigenvalue weighted by Gasteiger charge is 2.80. The fourth-order valence-electron chi connectivity index (χ4n) is 12.8. The van der Waals surface area contributed by atoms with E-state index in [9.17, 15) is 0 Å². The maximum atomic E-state index is 19.8. The summed E-state index contributed by atoms with van der Waals surface area (Å²) in [6.45, 7) is 17.3. The molecule has 0 aromatic heterocycles. The van der Waals surface area contributed by atoms with Gasteiger partial charge in [0.15, 0.2) is 0 Å². The molecule has 5 saturated carbocycles. The lowest BCUT2D eigenvalue weighted by molar-refractivity contribution is -0.285. The molecule has 0 aliphatic heterocycles. The monoisotopic (exact) mass is 541 g/mol. The Morgan fingerprint density at radius 2 is 1.28 bits per heavy atom. The highest BCUT2D eigenvalue weighted by atomic mass is 19.1. The summed E-state index contributed by atoms with van der Waals surface area (Å²) in [6.07, 6.45) is 25.9. The van der Waals surface area contributed by atoms with Crippen LogP contribution in [0, 0.1) is 57.7 Å². The van der Waals surface area contributed by atoms with Gasteiger partial charge in [0.25, 0.3) is 0 Å². The Bertz CT molecular complexity index is 848. The zero-order valence-corrected chi connectivity index (χ0v) is 27.2. The van der Waals surface area contributed by atoms with Crippen LogP contribution < -0.4 is 0 Å². The van der Waals surface area contributed by atoms with Crippen LogP contribution >= 0.6 is 0 Å². The van der Waals surface area contributed by atoms with E-state index < -0.39 is 5.67 Å². The van der Waals surface area contributed by atoms with Crippen molar-refractivity contribution in [2.75, 3.05) is 0 Å². The lowest BCUT2D eigenvalue weighted by atomic mass is 9.27. The third-order valence-corrected chi connectivity index (χ3v) is 14.1. The van der Waals surface area contributed by atoms with Gasteiger partial charge in [0.05, 0.1) is 0 Å². The van der Waals surface area contributed by atoms with Gasteiger partial charge in [0.1, 0.15) is 5.67 Å². The first-order valence-electron chi connectivity index (χ1n) is 18.1. The van der Waals surface area contributed by atoms with E-state index in [0.29, 0.717) is 29.6 Å². The van der Waals surface area contributed by atoms with Gasteiger partial charge in [-0.3, -0.25) is 0 Å². The van der Waals surface area contributed by atoms with Crippen LogP contribution in [0.4, 0.5) is 4.39 Å². The molecule has 0 amide bonds. The van der Waals surface area contributed by atoms with Crippen LogP contribution in [0.15, 0.2) is 11.6 Å².